The number of carbonyl (C=O) groups excluding carboxylic acids is 2. The Kier molecular flexibility index (Phi) is 4.40. The van der Waals surface area contributed by atoms with Crippen molar-refractivity contribution >= 4 is 19.6 Å². The largest absolute Gasteiger partial charge is 0.467 e. The van der Waals surface area contributed by atoms with Crippen LogP contribution >= 0.6 is 0 Å². The van der Waals surface area contributed by atoms with E-state index in [4.69, 9.17) is 7.85 Å². The van der Waals surface area contributed by atoms with Crippen molar-refractivity contribution in [2.75, 3.05) is 7.11 Å². The third kappa shape index (κ3) is 3.41. The first-order chi connectivity index (χ1) is 5.49. The summed E-state index contributed by atoms with van der Waals surface area (Å²) in [6.07, 6.45) is 0. The van der Waals surface area contributed by atoms with Crippen LogP contribution in [0.4, 0.5) is 4.79 Å². The minimum Gasteiger partial charge on any atom is -0.467 e. The zero-order chi connectivity index (χ0) is 9.72. The van der Waals surface area contributed by atoms with Gasteiger partial charge in [0, 0.05) is 0 Å². The second-order valence-corrected chi connectivity index (χ2v) is 2.75. The van der Waals surface area contributed by atoms with Gasteiger partial charge in [0.25, 0.3) is 0 Å². The molecule has 4 nitrogen and oxygen atoms in total. The predicted octanol–water partition coefficient (Wildman–Crippen LogP) is 0.0621. The van der Waals surface area contributed by atoms with Crippen molar-refractivity contribution in [2.45, 2.75) is 19.9 Å². The molecule has 1 amide bonds. The molecule has 0 aliphatic rings. The molecule has 1 atom stereocenters. The molecule has 0 fully saturated rings. The summed E-state index contributed by atoms with van der Waals surface area (Å²) in [6, 6.07) is -0.660. The van der Waals surface area contributed by atoms with Crippen molar-refractivity contribution < 1.29 is 14.3 Å². The van der Waals surface area contributed by atoms with Crippen molar-refractivity contribution in [2.24, 2.45) is 5.92 Å². The zero-order valence-electron chi connectivity index (χ0n) is 7.46. The smallest absolute Gasteiger partial charge is 0.328 e. The first kappa shape index (κ1) is 11.0. The fraction of sp³-hybridized carbons (Fsp3) is 0.714. The van der Waals surface area contributed by atoms with Gasteiger partial charge in [0.1, 0.15) is 6.04 Å². The molecule has 0 bridgehead atoms. The van der Waals surface area contributed by atoms with E-state index in [1.165, 1.54) is 7.11 Å². The second kappa shape index (κ2) is 4.80. The summed E-state index contributed by atoms with van der Waals surface area (Å²) in [5.74, 6) is -1.24. The summed E-state index contributed by atoms with van der Waals surface area (Å²) in [5, 5.41) is 2.29. The average Bonchev–Trinajstić information content (AvgIpc) is 1.98. The minimum absolute atomic E-state index is 0.0371. The number of amides is 1. The van der Waals surface area contributed by atoms with Gasteiger partial charge in [-0.05, 0) is 5.92 Å². The quantitative estimate of drug-likeness (QED) is 0.480. The molecule has 5 heteroatoms. The molecule has 0 saturated carbocycles. The van der Waals surface area contributed by atoms with E-state index >= 15 is 0 Å². The molecule has 0 aromatic carbocycles. The molecule has 0 aliphatic heterocycles. The molecule has 12 heavy (non-hydrogen) atoms. The molecule has 0 heterocycles. The number of methoxy groups -OCH3 is 1. The normalized spacial score (nSPS) is 12.3. The van der Waals surface area contributed by atoms with Crippen molar-refractivity contribution in [1.82, 2.24) is 5.32 Å². The molecule has 0 aromatic heterocycles. The minimum atomic E-state index is -0.723. The van der Waals surface area contributed by atoms with Crippen LogP contribution in [-0.4, -0.2) is 32.8 Å². The summed E-state index contributed by atoms with van der Waals surface area (Å²) < 4.78 is 4.47. The predicted molar refractivity (Wildman–Crippen MR) is 44.9 cm³/mol. The number of hydrogen-bond donors (Lipinski definition) is 1. The summed E-state index contributed by atoms with van der Waals surface area (Å²) in [7, 11) is 6.13. The van der Waals surface area contributed by atoms with E-state index in [0.717, 1.165) is 0 Å². The van der Waals surface area contributed by atoms with Gasteiger partial charge in [-0.1, -0.05) is 13.8 Å². The average molecular weight is 169 g/mol. The van der Waals surface area contributed by atoms with Gasteiger partial charge in [-0.3, -0.25) is 4.79 Å². The maximum atomic E-state index is 11.0. The van der Waals surface area contributed by atoms with E-state index in [-0.39, 0.29) is 5.92 Å². The van der Waals surface area contributed by atoms with Gasteiger partial charge in [0.2, 0.25) is 7.85 Å². The molecule has 0 unspecified atom stereocenters. The lowest BCUT2D eigenvalue weighted by Gasteiger charge is -2.18. The van der Waals surface area contributed by atoms with Crippen molar-refractivity contribution in [3.63, 3.8) is 0 Å². The van der Waals surface area contributed by atoms with Gasteiger partial charge >= 0.3 is 5.97 Å². The summed E-state index contributed by atoms with van der Waals surface area (Å²) in [6.45, 7) is 3.58. The van der Waals surface area contributed by atoms with Crippen LogP contribution in [0.5, 0.6) is 0 Å². The number of ether oxygens (including phenoxy) is 1. The van der Waals surface area contributed by atoms with Crippen LogP contribution in [0.2, 0.25) is 0 Å². The van der Waals surface area contributed by atoms with E-state index in [0.29, 0.717) is 0 Å². The summed E-state index contributed by atoms with van der Waals surface area (Å²) >= 11 is 0. The third-order valence-corrected chi connectivity index (χ3v) is 1.42. The molecule has 2 radical (unpaired) electrons. The Balaban J connectivity index is 4.23. The van der Waals surface area contributed by atoms with Gasteiger partial charge in [0.05, 0.1) is 7.11 Å². The summed E-state index contributed by atoms with van der Waals surface area (Å²) in [5.41, 5.74) is 0. The van der Waals surface area contributed by atoms with E-state index in [1.807, 2.05) is 0 Å². The fourth-order valence-corrected chi connectivity index (χ4v) is 0.778. The monoisotopic (exact) mass is 169 g/mol. The van der Waals surface area contributed by atoms with Gasteiger partial charge in [0.15, 0.2) is 5.81 Å². The van der Waals surface area contributed by atoms with E-state index in [9.17, 15) is 9.59 Å². The molecule has 0 aromatic rings. The molecule has 0 aliphatic carbocycles. The molecule has 0 rings (SSSR count). The molecule has 0 saturated heterocycles. The van der Waals surface area contributed by atoms with Crippen LogP contribution < -0.4 is 5.32 Å². The standard InChI is InChI=1S/C7H12BNO3/c1-4(2)5(6(10)12-3)9-7(8)11/h4-5H,1-3H3,(H,9,11)/t5-/m0/s1. The van der Waals surface area contributed by atoms with E-state index in [1.54, 1.807) is 13.8 Å². The van der Waals surface area contributed by atoms with Crippen molar-refractivity contribution in [3.8, 4) is 0 Å². The Morgan fingerprint density at radius 3 is 2.17 bits per heavy atom. The van der Waals surface area contributed by atoms with Crippen molar-refractivity contribution in [1.29, 1.82) is 0 Å². The van der Waals surface area contributed by atoms with Crippen molar-refractivity contribution in [3.05, 3.63) is 0 Å². The van der Waals surface area contributed by atoms with Crippen LogP contribution in [0, 0.1) is 5.92 Å². The lowest BCUT2D eigenvalue weighted by atomic mass is 10.0. The van der Waals surface area contributed by atoms with Crippen LogP contribution in [-0.2, 0) is 9.53 Å². The first-order valence-electron chi connectivity index (χ1n) is 3.62. The molecule has 66 valence electrons. The topological polar surface area (TPSA) is 55.4 Å². The van der Waals surface area contributed by atoms with Gasteiger partial charge in [-0.2, -0.15) is 0 Å². The highest BCUT2D eigenvalue weighted by atomic mass is 16.5. The van der Waals surface area contributed by atoms with Crippen LogP contribution in [0.15, 0.2) is 0 Å². The SMILES string of the molecule is [B]C(=O)N[C@H](C(=O)OC)C(C)C. The van der Waals surface area contributed by atoms with E-state index < -0.39 is 17.8 Å². The van der Waals surface area contributed by atoms with Crippen LogP contribution in [0.3, 0.4) is 0 Å². The number of nitrogens with one attached hydrogen (secondary N) is 1. The Morgan fingerprint density at radius 2 is 1.92 bits per heavy atom. The highest BCUT2D eigenvalue weighted by Gasteiger charge is 2.22. The number of esters is 1. The highest BCUT2D eigenvalue weighted by molar-refractivity contribution is 6.57. The van der Waals surface area contributed by atoms with Crippen LogP contribution in [0.1, 0.15) is 13.8 Å². The molecule has 0 spiro atoms. The molecular formula is C7H12BNO3. The Morgan fingerprint density at radius 1 is 1.42 bits per heavy atom. The van der Waals surface area contributed by atoms with Gasteiger partial charge in [-0.15, -0.1) is 0 Å². The molecule has 1 N–H and O–H groups in total. The molecular weight excluding hydrogens is 157 g/mol. The maximum absolute atomic E-state index is 11.0. The second-order valence-electron chi connectivity index (χ2n) is 2.75. The number of rotatable bonds is 3. The van der Waals surface area contributed by atoms with Crippen LogP contribution in [0.25, 0.3) is 0 Å². The van der Waals surface area contributed by atoms with E-state index in [2.05, 4.69) is 10.1 Å². The number of hydrogen-bond acceptors (Lipinski definition) is 3. The highest BCUT2D eigenvalue weighted by Crippen LogP contribution is 2.02. The Bertz CT molecular complexity index is 181. The summed E-state index contributed by atoms with van der Waals surface area (Å²) in [4.78, 5) is 21.4. The Labute approximate surface area is 73.1 Å². The fourth-order valence-electron chi connectivity index (χ4n) is 0.778. The number of carbonyl (C=O) groups is 2. The third-order valence-electron chi connectivity index (χ3n) is 1.42. The maximum Gasteiger partial charge on any atom is 0.328 e. The lowest BCUT2D eigenvalue weighted by molar-refractivity contribution is -0.143. The first-order valence-corrected chi connectivity index (χ1v) is 3.62. The van der Waals surface area contributed by atoms with Gasteiger partial charge in [-0.25, -0.2) is 4.79 Å². The zero-order valence-corrected chi connectivity index (χ0v) is 7.46. The lowest BCUT2D eigenvalue weighted by Crippen LogP contribution is -2.44. The van der Waals surface area contributed by atoms with Gasteiger partial charge < -0.3 is 10.1 Å². The Hall–Kier alpha value is -0.995.